The molecule has 0 aliphatic carbocycles. The van der Waals surface area contributed by atoms with Crippen LogP contribution in [-0.4, -0.2) is 0 Å². The van der Waals surface area contributed by atoms with E-state index in [1.807, 2.05) is 17.5 Å². The van der Waals surface area contributed by atoms with Crippen LogP contribution in [0.4, 0.5) is 8.78 Å². The van der Waals surface area contributed by atoms with Crippen LogP contribution in [0.1, 0.15) is 16.5 Å². The average molecular weight is 225 g/mol. The number of hydrogen-bond acceptors (Lipinski definition) is 2. The second-order valence-electron chi connectivity index (χ2n) is 3.20. The number of benzene rings is 1. The van der Waals surface area contributed by atoms with E-state index in [0.29, 0.717) is 5.56 Å². The van der Waals surface area contributed by atoms with E-state index in [2.05, 4.69) is 0 Å². The molecule has 15 heavy (non-hydrogen) atoms. The van der Waals surface area contributed by atoms with E-state index in [9.17, 15) is 8.78 Å². The van der Waals surface area contributed by atoms with Gasteiger partial charge in [0.2, 0.25) is 0 Å². The van der Waals surface area contributed by atoms with Crippen molar-refractivity contribution in [2.24, 2.45) is 5.73 Å². The molecule has 1 aromatic carbocycles. The smallest absolute Gasteiger partial charge is 0.126 e. The zero-order chi connectivity index (χ0) is 10.8. The van der Waals surface area contributed by atoms with Crippen molar-refractivity contribution in [3.63, 3.8) is 0 Å². The summed E-state index contributed by atoms with van der Waals surface area (Å²) in [6, 6.07) is 6.59. The van der Waals surface area contributed by atoms with Crippen molar-refractivity contribution in [2.45, 2.75) is 6.04 Å². The summed E-state index contributed by atoms with van der Waals surface area (Å²) in [5.41, 5.74) is 6.33. The summed E-state index contributed by atoms with van der Waals surface area (Å²) < 4.78 is 25.9. The Morgan fingerprint density at radius 2 is 1.80 bits per heavy atom. The molecule has 0 saturated carbocycles. The topological polar surface area (TPSA) is 26.0 Å². The molecule has 0 aliphatic heterocycles. The first-order valence-corrected chi connectivity index (χ1v) is 5.30. The Kier molecular flexibility index (Phi) is 2.79. The van der Waals surface area contributed by atoms with Crippen molar-refractivity contribution in [3.8, 4) is 0 Å². The van der Waals surface area contributed by atoms with Gasteiger partial charge >= 0.3 is 0 Å². The van der Waals surface area contributed by atoms with Gasteiger partial charge in [-0.15, -0.1) is 11.3 Å². The van der Waals surface area contributed by atoms with Gasteiger partial charge in [0.25, 0.3) is 0 Å². The van der Waals surface area contributed by atoms with Crippen LogP contribution in [0.5, 0.6) is 0 Å². The quantitative estimate of drug-likeness (QED) is 0.835. The van der Waals surface area contributed by atoms with E-state index in [4.69, 9.17) is 5.73 Å². The van der Waals surface area contributed by atoms with Gasteiger partial charge in [-0.1, -0.05) is 6.07 Å². The van der Waals surface area contributed by atoms with E-state index >= 15 is 0 Å². The number of halogens is 2. The molecule has 78 valence electrons. The van der Waals surface area contributed by atoms with E-state index in [-0.39, 0.29) is 0 Å². The minimum Gasteiger partial charge on any atom is -0.320 e. The summed E-state index contributed by atoms with van der Waals surface area (Å²) in [4.78, 5) is 0.889. The average Bonchev–Trinajstić information content (AvgIpc) is 2.67. The molecular weight excluding hydrogens is 216 g/mol. The lowest BCUT2D eigenvalue weighted by atomic mass is 10.1. The lowest BCUT2D eigenvalue weighted by molar-refractivity contribution is 0.577. The predicted octanol–water partition coefficient (Wildman–Crippen LogP) is 3.07. The third-order valence-electron chi connectivity index (χ3n) is 2.09. The molecule has 0 radical (unpaired) electrons. The first kappa shape index (κ1) is 10.3. The van der Waals surface area contributed by atoms with Gasteiger partial charge in [0.15, 0.2) is 0 Å². The molecule has 0 bridgehead atoms. The van der Waals surface area contributed by atoms with Crippen LogP contribution in [0, 0.1) is 11.6 Å². The fourth-order valence-corrected chi connectivity index (χ4v) is 2.14. The second kappa shape index (κ2) is 4.08. The fraction of sp³-hybridized carbons (Fsp3) is 0.0909. The van der Waals surface area contributed by atoms with Gasteiger partial charge in [0.05, 0.1) is 6.04 Å². The maximum atomic E-state index is 12.9. The van der Waals surface area contributed by atoms with E-state index in [1.165, 1.54) is 23.5 Å². The Labute approximate surface area is 90.2 Å². The van der Waals surface area contributed by atoms with Gasteiger partial charge in [-0.25, -0.2) is 8.78 Å². The fourth-order valence-electron chi connectivity index (χ4n) is 1.39. The summed E-state index contributed by atoms with van der Waals surface area (Å²) in [5, 5.41) is 1.88. The summed E-state index contributed by atoms with van der Waals surface area (Å²) in [6.07, 6.45) is 0. The number of hydrogen-bond donors (Lipinski definition) is 1. The van der Waals surface area contributed by atoms with E-state index in [1.54, 1.807) is 0 Å². The Hall–Kier alpha value is -1.26. The van der Waals surface area contributed by atoms with E-state index < -0.39 is 17.7 Å². The van der Waals surface area contributed by atoms with Crippen LogP contribution in [0.15, 0.2) is 35.7 Å². The molecule has 2 aromatic rings. The minimum atomic E-state index is -0.600. The molecule has 0 amide bonds. The van der Waals surface area contributed by atoms with Crippen LogP contribution < -0.4 is 5.73 Å². The molecule has 0 unspecified atom stereocenters. The Morgan fingerprint density at radius 3 is 2.33 bits per heavy atom. The Bertz CT molecular complexity index is 433. The summed E-state index contributed by atoms with van der Waals surface area (Å²) in [7, 11) is 0. The van der Waals surface area contributed by atoms with Crippen molar-refractivity contribution < 1.29 is 8.78 Å². The van der Waals surface area contributed by atoms with Gasteiger partial charge in [-0.2, -0.15) is 0 Å². The van der Waals surface area contributed by atoms with Crippen LogP contribution in [0.25, 0.3) is 0 Å². The van der Waals surface area contributed by atoms with Crippen LogP contribution in [0.3, 0.4) is 0 Å². The predicted molar refractivity (Wildman–Crippen MR) is 56.7 cm³/mol. The summed E-state index contributed by atoms with van der Waals surface area (Å²) in [6.45, 7) is 0. The van der Waals surface area contributed by atoms with Gasteiger partial charge < -0.3 is 5.73 Å². The van der Waals surface area contributed by atoms with Crippen LogP contribution >= 0.6 is 11.3 Å². The molecule has 2 rings (SSSR count). The molecule has 1 heterocycles. The van der Waals surface area contributed by atoms with Crippen molar-refractivity contribution in [2.75, 3.05) is 0 Å². The molecule has 1 nitrogen and oxygen atoms in total. The molecule has 0 aliphatic rings. The molecule has 4 heteroatoms. The SMILES string of the molecule is N[C@@H](c1cc(F)cc(F)c1)c1cccs1. The maximum Gasteiger partial charge on any atom is 0.126 e. The van der Waals surface area contributed by atoms with Gasteiger partial charge in [-0.05, 0) is 29.1 Å². The van der Waals surface area contributed by atoms with Crippen molar-refractivity contribution >= 4 is 11.3 Å². The Balaban J connectivity index is 2.37. The number of rotatable bonds is 2. The lowest BCUT2D eigenvalue weighted by Gasteiger charge is -2.09. The second-order valence-corrected chi connectivity index (χ2v) is 4.18. The highest BCUT2D eigenvalue weighted by Gasteiger charge is 2.11. The third kappa shape index (κ3) is 2.22. The first-order chi connectivity index (χ1) is 7.16. The van der Waals surface area contributed by atoms with Crippen molar-refractivity contribution in [1.82, 2.24) is 0 Å². The summed E-state index contributed by atoms with van der Waals surface area (Å²) in [5.74, 6) is -1.20. The maximum absolute atomic E-state index is 12.9. The number of nitrogens with two attached hydrogens (primary N) is 1. The highest BCUT2D eigenvalue weighted by molar-refractivity contribution is 7.10. The van der Waals surface area contributed by atoms with Gasteiger partial charge in [0, 0.05) is 10.9 Å². The standard InChI is InChI=1S/C11H9F2NS/c12-8-4-7(5-9(13)6-8)11(14)10-2-1-3-15-10/h1-6,11H,14H2/t11-/m0/s1. The van der Waals surface area contributed by atoms with Crippen molar-refractivity contribution in [3.05, 3.63) is 57.8 Å². The summed E-state index contributed by atoms with van der Waals surface area (Å²) >= 11 is 1.47. The molecule has 0 saturated heterocycles. The van der Waals surface area contributed by atoms with E-state index in [0.717, 1.165) is 10.9 Å². The highest BCUT2D eigenvalue weighted by atomic mass is 32.1. The molecule has 0 fully saturated rings. The molecular formula is C11H9F2NS. The monoisotopic (exact) mass is 225 g/mol. The molecule has 1 atom stereocenters. The number of thiophene rings is 1. The van der Waals surface area contributed by atoms with Crippen molar-refractivity contribution in [1.29, 1.82) is 0 Å². The molecule has 0 spiro atoms. The van der Waals surface area contributed by atoms with Gasteiger partial charge in [-0.3, -0.25) is 0 Å². The zero-order valence-corrected chi connectivity index (χ0v) is 8.60. The van der Waals surface area contributed by atoms with Crippen LogP contribution in [0.2, 0.25) is 0 Å². The van der Waals surface area contributed by atoms with Gasteiger partial charge in [0.1, 0.15) is 11.6 Å². The largest absolute Gasteiger partial charge is 0.320 e. The normalized spacial score (nSPS) is 12.7. The zero-order valence-electron chi connectivity index (χ0n) is 7.78. The Morgan fingerprint density at radius 1 is 1.13 bits per heavy atom. The first-order valence-electron chi connectivity index (χ1n) is 4.42. The minimum absolute atomic E-state index is 0.454. The van der Waals surface area contributed by atoms with Crippen LogP contribution in [-0.2, 0) is 0 Å². The highest BCUT2D eigenvalue weighted by Crippen LogP contribution is 2.24. The third-order valence-corrected chi connectivity index (χ3v) is 3.05. The lowest BCUT2D eigenvalue weighted by Crippen LogP contribution is -2.10. The molecule has 2 N–H and O–H groups in total. The molecule has 1 aromatic heterocycles.